The molecule has 0 amide bonds. The minimum Gasteiger partial charge on any atom is -0.372 e. The van der Waals surface area contributed by atoms with Crippen molar-refractivity contribution in [2.75, 3.05) is 0 Å². The van der Waals surface area contributed by atoms with Crippen LogP contribution in [0.1, 0.15) is 13.8 Å². The van der Waals surface area contributed by atoms with Gasteiger partial charge in [-0.3, -0.25) is 0 Å². The number of carbonyl (C=O) groups excluding carboxylic acids is 1. The van der Waals surface area contributed by atoms with Crippen molar-refractivity contribution in [2.24, 2.45) is 16.8 Å². The molecule has 0 bridgehead atoms. The quantitative estimate of drug-likeness (QED) is 0.473. The molecule has 2 N–H and O–H groups in total. The van der Waals surface area contributed by atoms with Gasteiger partial charge in [0.2, 0.25) is 0 Å². The summed E-state index contributed by atoms with van der Waals surface area (Å²) in [5.41, 5.74) is 5.47. The first-order valence-electron chi connectivity index (χ1n) is 3.67. The Bertz CT molecular complexity index is 227. The van der Waals surface area contributed by atoms with Crippen LogP contribution in [0.2, 0.25) is 0 Å². The Balaban J connectivity index is 2.40. The Morgan fingerprint density at radius 1 is 1.62 bits per heavy atom. The van der Waals surface area contributed by atoms with E-state index in [2.05, 4.69) is 24.8 Å². The number of hydrogen-bond acceptors (Lipinski definition) is 7. The van der Waals surface area contributed by atoms with Gasteiger partial charge in [-0.2, -0.15) is 4.99 Å². The van der Waals surface area contributed by atoms with Gasteiger partial charge in [0.05, 0.1) is 5.04 Å². The molecule has 7 nitrogen and oxygen atoms in total. The van der Waals surface area contributed by atoms with Crippen molar-refractivity contribution in [1.29, 1.82) is 0 Å². The highest BCUT2D eigenvalue weighted by Gasteiger charge is 2.24. The van der Waals surface area contributed by atoms with Crippen molar-refractivity contribution < 1.29 is 24.4 Å². The van der Waals surface area contributed by atoms with E-state index in [1.54, 1.807) is 13.8 Å². The second-order valence-corrected chi connectivity index (χ2v) is 2.77. The summed E-state index contributed by atoms with van der Waals surface area (Å²) in [4.78, 5) is 19.2. The molecule has 0 spiro atoms. The van der Waals surface area contributed by atoms with Crippen LogP contribution in [0, 0.1) is 5.92 Å². The van der Waals surface area contributed by atoms with Gasteiger partial charge >= 0.3 is 12.1 Å². The summed E-state index contributed by atoms with van der Waals surface area (Å²) in [5.74, 6) is -0.681. The van der Waals surface area contributed by atoms with Gasteiger partial charge in [0.25, 0.3) is 0 Å². The van der Waals surface area contributed by atoms with Crippen LogP contribution in [0.5, 0.6) is 0 Å². The van der Waals surface area contributed by atoms with Crippen LogP contribution in [0.3, 0.4) is 0 Å². The highest BCUT2D eigenvalue weighted by molar-refractivity contribution is 5.87. The summed E-state index contributed by atoms with van der Waals surface area (Å²) < 4.78 is 4.55. The molecule has 0 unspecified atom stereocenters. The molecular formula is C6H10N2O5. The van der Waals surface area contributed by atoms with Crippen LogP contribution >= 0.6 is 0 Å². The lowest BCUT2D eigenvalue weighted by molar-refractivity contribution is -0.454. The number of oxime groups is 1. The molecule has 1 rings (SSSR count). The highest BCUT2D eigenvalue weighted by Crippen LogP contribution is 2.04. The minimum atomic E-state index is -0.730. The number of esters is 1. The number of nitrogens with zero attached hydrogens (tertiary/aromatic N) is 1. The molecule has 0 aromatic carbocycles. The maximum atomic E-state index is 11.1. The van der Waals surface area contributed by atoms with Crippen LogP contribution in [-0.4, -0.2) is 18.1 Å². The number of nitrogens with two attached hydrogens (primary N) is 1. The monoisotopic (exact) mass is 190 g/mol. The fraction of sp³-hybridized carbons (Fsp3) is 0.667. The van der Waals surface area contributed by atoms with Gasteiger partial charge < -0.3 is 10.5 Å². The van der Waals surface area contributed by atoms with Gasteiger partial charge in [0.15, 0.2) is 0 Å². The summed E-state index contributed by atoms with van der Waals surface area (Å²) in [6.45, 7) is 3.58. The van der Waals surface area contributed by atoms with E-state index in [4.69, 9.17) is 5.73 Å². The van der Waals surface area contributed by atoms with Crippen LogP contribution in [0.15, 0.2) is 5.16 Å². The molecule has 1 aliphatic heterocycles. The van der Waals surface area contributed by atoms with Gasteiger partial charge in [-0.25, -0.2) is 9.68 Å². The Kier molecular flexibility index (Phi) is 3.04. The molecule has 0 fully saturated rings. The smallest absolute Gasteiger partial charge is 0.372 e. The van der Waals surface area contributed by atoms with Crippen LogP contribution in [-0.2, 0) is 24.4 Å². The lowest BCUT2D eigenvalue weighted by Gasteiger charge is -2.11. The molecule has 1 atom stereocenters. The summed E-state index contributed by atoms with van der Waals surface area (Å²) >= 11 is 0. The van der Waals surface area contributed by atoms with Gasteiger partial charge in [-0.1, -0.05) is 13.8 Å². The molecule has 0 aromatic rings. The van der Waals surface area contributed by atoms with Crippen molar-refractivity contribution in [1.82, 2.24) is 0 Å². The lowest BCUT2D eigenvalue weighted by atomic mass is 10.1. The number of hydrogen-bond donors (Lipinski definition) is 1. The Morgan fingerprint density at radius 2 is 2.31 bits per heavy atom. The third-order valence-electron chi connectivity index (χ3n) is 1.43. The molecule has 1 aliphatic rings. The van der Waals surface area contributed by atoms with E-state index in [0.29, 0.717) is 0 Å². The second kappa shape index (κ2) is 4.06. The topological polar surface area (TPSA) is 92.4 Å². The first kappa shape index (κ1) is 9.75. The van der Waals surface area contributed by atoms with Crippen molar-refractivity contribution in [3.8, 4) is 0 Å². The van der Waals surface area contributed by atoms with Crippen molar-refractivity contribution in [2.45, 2.75) is 19.9 Å². The van der Waals surface area contributed by atoms with Gasteiger partial charge in [-0.05, 0) is 5.92 Å². The van der Waals surface area contributed by atoms with E-state index in [1.807, 2.05) is 0 Å². The first-order valence-corrected chi connectivity index (χ1v) is 3.67. The van der Waals surface area contributed by atoms with E-state index in [0.717, 1.165) is 0 Å². The maximum absolute atomic E-state index is 11.1. The molecular weight excluding hydrogens is 180 g/mol. The zero-order valence-electron chi connectivity index (χ0n) is 7.22. The van der Waals surface area contributed by atoms with Gasteiger partial charge in [-0.15, -0.1) is 0 Å². The Hall–Kier alpha value is -1.34. The molecule has 0 aromatic heterocycles. The fourth-order valence-electron chi connectivity index (χ4n) is 0.567. The molecule has 1 heterocycles. The summed E-state index contributed by atoms with van der Waals surface area (Å²) in [6, 6.07) is -0.730. The Labute approximate surface area is 74.2 Å². The van der Waals surface area contributed by atoms with Crippen LogP contribution < -0.4 is 5.73 Å². The molecule has 0 aliphatic carbocycles. The summed E-state index contributed by atoms with van der Waals surface area (Å²) in [6.07, 6.45) is -0.402. The Morgan fingerprint density at radius 3 is 2.77 bits per heavy atom. The van der Waals surface area contributed by atoms with Gasteiger partial charge in [0.1, 0.15) is 6.04 Å². The van der Waals surface area contributed by atoms with Gasteiger partial charge in [0, 0.05) is 5.16 Å². The maximum Gasteiger partial charge on any atom is 0.469 e. The summed E-state index contributed by atoms with van der Waals surface area (Å²) in [7, 11) is 0. The van der Waals surface area contributed by atoms with Crippen molar-refractivity contribution in [3.63, 3.8) is 0 Å². The minimum absolute atomic E-state index is 0.0312. The summed E-state index contributed by atoms with van der Waals surface area (Å²) in [5, 5.41) is 6.97. The van der Waals surface area contributed by atoms with E-state index in [1.165, 1.54) is 0 Å². The van der Waals surface area contributed by atoms with Crippen molar-refractivity contribution >= 4 is 12.1 Å². The number of carbonyl (C=O) groups is 1. The molecule has 0 saturated carbocycles. The predicted molar refractivity (Wildman–Crippen MR) is 39.6 cm³/mol. The molecule has 7 heteroatoms. The van der Waals surface area contributed by atoms with E-state index >= 15 is 0 Å². The molecule has 74 valence electrons. The van der Waals surface area contributed by atoms with E-state index in [9.17, 15) is 4.79 Å². The number of ether oxygens (including phenoxy) is 1. The van der Waals surface area contributed by atoms with Crippen LogP contribution in [0.25, 0.3) is 0 Å². The average molecular weight is 190 g/mol. The number of rotatable bonds is 2. The normalized spacial score (nSPS) is 17.4. The standard InChI is InChI=1S/C6H10N2O5/c1-3(2)4(7)5(9)10-6-8-12-13-11-6/h3-4H,7H2,1-2H3/t4-/m0/s1. The molecule has 0 saturated heterocycles. The van der Waals surface area contributed by atoms with E-state index in [-0.39, 0.29) is 5.92 Å². The van der Waals surface area contributed by atoms with Crippen molar-refractivity contribution in [3.05, 3.63) is 0 Å². The fourth-order valence-corrected chi connectivity index (χ4v) is 0.567. The zero-order chi connectivity index (χ0) is 9.84. The van der Waals surface area contributed by atoms with E-state index < -0.39 is 18.1 Å². The molecule has 13 heavy (non-hydrogen) atoms. The lowest BCUT2D eigenvalue weighted by Crippen LogP contribution is -2.38. The molecule has 0 radical (unpaired) electrons. The average Bonchev–Trinajstić information content (AvgIpc) is 2.55. The SMILES string of the molecule is CC(C)[C@H](N)C(=O)OC1=NOOO1. The highest BCUT2D eigenvalue weighted by atomic mass is 17.6. The third kappa shape index (κ3) is 2.56. The third-order valence-corrected chi connectivity index (χ3v) is 1.43. The van der Waals surface area contributed by atoms with Crippen LogP contribution in [0.4, 0.5) is 0 Å². The second-order valence-electron chi connectivity index (χ2n) is 2.77. The largest absolute Gasteiger partial charge is 0.469 e. The predicted octanol–water partition coefficient (Wildman–Crippen LogP) is -0.323. The first-order chi connectivity index (χ1) is 6.11. The zero-order valence-corrected chi connectivity index (χ0v) is 7.22.